The molecule has 8 nitrogen and oxygen atoms in total. The topological polar surface area (TPSA) is 120 Å². The van der Waals surface area contributed by atoms with Crippen molar-refractivity contribution in [2.24, 2.45) is 5.73 Å². The van der Waals surface area contributed by atoms with E-state index in [1.165, 1.54) is 0 Å². The van der Waals surface area contributed by atoms with Gasteiger partial charge in [0.1, 0.15) is 12.4 Å². The lowest BCUT2D eigenvalue weighted by Crippen LogP contribution is -2.33. The van der Waals surface area contributed by atoms with Crippen molar-refractivity contribution in [1.82, 2.24) is 10.6 Å². The van der Waals surface area contributed by atoms with Crippen LogP contribution in [0.4, 0.5) is 4.79 Å². The van der Waals surface area contributed by atoms with Crippen molar-refractivity contribution in [3.05, 3.63) is 29.3 Å². The van der Waals surface area contributed by atoms with Crippen molar-refractivity contribution in [3.63, 3.8) is 0 Å². The van der Waals surface area contributed by atoms with Gasteiger partial charge in [0.25, 0.3) is 5.91 Å². The molecule has 1 rings (SSSR count). The molecular weight excluding hydrogens is 314 g/mol. The van der Waals surface area contributed by atoms with E-state index in [1.807, 2.05) is 32.0 Å². The molecule has 4 N–H and O–H groups in total. The first kappa shape index (κ1) is 19.3. The highest BCUT2D eigenvalue weighted by molar-refractivity contribution is 5.80. The van der Waals surface area contributed by atoms with Gasteiger partial charge in [-0.1, -0.05) is 17.7 Å². The second-order valence-electron chi connectivity index (χ2n) is 5.17. The normalized spacial score (nSPS) is 9.92. The number of nitrogens with one attached hydrogen (secondary N) is 2. The number of primary amides is 1. The van der Waals surface area contributed by atoms with Crippen LogP contribution in [-0.4, -0.2) is 44.2 Å². The van der Waals surface area contributed by atoms with Crippen LogP contribution in [0.25, 0.3) is 0 Å². The Labute approximate surface area is 140 Å². The standard InChI is InChI=1S/C16H23N3O5/c1-11-3-4-13(12(2)9-11)23-8-7-18-14(20)10-24-15(21)5-6-19-16(17)22/h3-4,9H,5-8,10H2,1-2H3,(H,18,20)(H3,17,19,22). The fraction of sp³-hybridized carbons (Fsp3) is 0.438. The van der Waals surface area contributed by atoms with E-state index in [0.29, 0.717) is 13.2 Å². The molecule has 132 valence electrons. The monoisotopic (exact) mass is 337 g/mol. The number of benzene rings is 1. The van der Waals surface area contributed by atoms with Crippen molar-refractivity contribution < 1.29 is 23.9 Å². The second-order valence-corrected chi connectivity index (χ2v) is 5.17. The highest BCUT2D eigenvalue weighted by atomic mass is 16.5. The van der Waals surface area contributed by atoms with E-state index < -0.39 is 17.9 Å². The summed E-state index contributed by atoms with van der Waals surface area (Å²) >= 11 is 0. The van der Waals surface area contributed by atoms with Crippen molar-refractivity contribution in [3.8, 4) is 5.75 Å². The molecule has 3 amide bonds. The summed E-state index contributed by atoms with van der Waals surface area (Å²) in [6, 6.07) is 5.13. The van der Waals surface area contributed by atoms with Gasteiger partial charge in [0.15, 0.2) is 6.61 Å². The Bertz CT molecular complexity index is 589. The van der Waals surface area contributed by atoms with E-state index in [1.54, 1.807) is 0 Å². The summed E-state index contributed by atoms with van der Waals surface area (Å²) in [6.45, 7) is 4.26. The molecule has 0 unspecified atom stereocenters. The third-order valence-corrected chi connectivity index (χ3v) is 3.00. The maximum atomic E-state index is 11.5. The maximum Gasteiger partial charge on any atom is 0.312 e. The van der Waals surface area contributed by atoms with E-state index in [0.717, 1.165) is 16.9 Å². The summed E-state index contributed by atoms with van der Waals surface area (Å²) in [5.74, 6) is -0.246. The van der Waals surface area contributed by atoms with Crippen LogP contribution in [0.3, 0.4) is 0 Å². The van der Waals surface area contributed by atoms with Gasteiger partial charge >= 0.3 is 12.0 Å². The minimum absolute atomic E-state index is 0.0496. The molecule has 1 aromatic rings. The van der Waals surface area contributed by atoms with Crippen molar-refractivity contribution >= 4 is 17.9 Å². The lowest BCUT2D eigenvalue weighted by atomic mass is 10.1. The van der Waals surface area contributed by atoms with Crippen molar-refractivity contribution in [2.45, 2.75) is 20.3 Å². The van der Waals surface area contributed by atoms with Gasteiger partial charge in [-0.05, 0) is 25.5 Å². The molecule has 0 aliphatic heterocycles. The number of nitrogens with two attached hydrogens (primary N) is 1. The number of esters is 1. The van der Waals surface area contributed by atoms with Crippen molar-refractivity contribution in [2.75, 3.05) is 26.3 Å². The number of ether oxygens (including phenoxy) is 2. The summed E-state index contributed by atoms with van der Waals surface area (Å²) in [5, 5.41) is 4.83. The van der Waals surface area contributed by atoms with Crippen molar-refractivity contribution in [1.29, 1.82) is 0 Å². The zero-order valence-electron chi connectivity index (χ0n) is 13.9. The predicted octanol–water partition coefficient (Wildman–Crippen LogP) is 0.400. The van der Waals surface area contributed by atoms with Gasteiger partial charge in [-0.2, -0.15) is 0 Å². The molecule has 0 spiro atoms. The van der Waals surface area contributed by atoms with E-state index in [9.17, 15) is 14.4 Å². The van der Waals surface area contributed by atoms with E-state index in [4.69, 9.17) is 15.2 Å². The summed E-state index contributed by atoms with van der Waals surface area (Å²) in [4.78, 5) is 33.2. The molecule has 0 aliphatic rings. The molecule has 0 saturated carbocycles. The Morgan fingerprint density at radius 1 is 1.12 bits per heavy atom. The first-order chi connectivity index (χ1) is 11.4. The van der Waals surface area contributed by atoms with Gasteiger partial charge < -0.3 is 25.8 Å². The van der Waals surface area contributed by atoms with Crippen LogP contribution in [0.2, 0.25) is 0 Å². The quantitative estimate of drug-likeness (QED) is 0.445. The lowest BCUT2D eigenvalue weighted by molar-refractivity contribution is -0.148. The summed E-state index contributed by atoms with van der Waals surface area (Å²) in [7, 11) is 0. The number of hydrogen-bond donors (Lipinski definition) is 3. The van der Waals surface area contributed by atoms with Crippen LogP contribution < -0.4 is 21.1 Å². The Balaban J connectivity index is 2.13. The first-order valence-corrected chi connectivity index (χ1v) is 7.54. The zero-order chi connectivity index (χ0) is 17.9. The summed E-state index contributed by atoms with van der Waals surface area (Å²) < 4.78 is 10.3. The van der Waals surface area contributed by atoms with Gasteiger partial charge in [0.2, 0.25) is 0 Å². The minimum atomic E-state index is -0.718. The average molecular weight is 337 g/mol. The fourth-order valence-corrected chi connectivity index (χ4v) is 1.87. The van der Waals surface area contributed by atoms with Crippen LogP contribution >= 0.6 is 0 Å². The van der Waals surface area contributed by atoms with Gasteiger partial charge in [0.05, 0.1) is 13.0 Å². The Hall–Kier alpha value is -2.77. The molecule has 24 heavy (non-hydrogen) atoms. The number of carbonyl (C=O) groups excluding carboxylic acids is 3. The molecule has 8 heteroatoms. The number of hydrogen-bond acceptors (Lipinski definition) is 5. The fourth-order valence-electron chi connectivity index (χ4n) is 1.87. The van der Waals surface area contributed by atoms with Gasteiger partial charge in [-0.3, -0.25) is 9.59 Å². The number of rotatable bonds is 9. The highest BCUT2D eigenvalue weighted by Crippen LogP contribution is 2.18. The highest BCUT2D eigenvalue weighted by Gasteiger charge is 2.07. The zero-order valence-corrected chi connectivity index (χ0v) is 13.9. The molecule has 0 fully saturated rings. The number of carbonyl (C=O) groups is 3. The lowest BCUT2D eigenvalue weighted by Gasteiger charge is -2.10. The van der Waals surface area contributed by atoms with Crippen LogP contribution in [0.15, 0.2) is 18.2 Å². The average Bonchev–Trinajstić information content (AvgIpc) is 2.51. The number of urea groups is 1. The minimum Gasteiger partial charge on any atom is -0.491 e. The van der Waals surface area contributed by atoms with E-state index >= 15 is 0 Å². The first-order valence-electron chi connectivity index (χ1n) is 7.54. The Morgan fingerprint density at radius 3 is 2.54 bits per heavy atom. The third-order valence-electron chi connectivity index (χ3n) is 3.00. The molecule has 0 heterocycles. The number of amides is 3. The summed E-state index contributed by atoms with van der Waals surface area (Å²) in [5.41, 5.74) is 7.03. The molecular formula is C16H23N3O5. The van der Waals surface area contributed by atoms with Crippen LogP contribution in [0.5, 0.6) is 5.75 Å². The predicted molar refractivity (Wildman–Crippen MR) is 87.6 cm³/mol. The maximum absolute atomic E-state index is 11.5. The van der Waals surface area contributed by atoms with Gasteiger partial charge in [-0.15, -0.1) is 0 Å². The number of aryl methyl sites for hydroxylation is 2. The second kappa shape index (κ2) is 10.1. The molecule has 0 bridgehead atoms. The molecule has 1 aromatic carbocycles. The van der Waals surface area contributed by atoms with Crippen LogP contribution in [-0.2, 0) is 14.3 Å². The van der Waals surface area contributed by atoms with Gasteiger partial charge in [-0.25, -0.2) is 4.79 Å². The van der Waals surface area contributed by atoms with Gasteiger partial charge in [0, 0.05) is 6.54 Å². The molecule has 0 aliphatic carbocycles. The molecule has 0 radical (unpaired) electrons. The van der Waals surface area contributed by atoms with E-state index in [2.05, 4.69) is 10.6 Å². The third kappa shape index (κ3) is 8.02. The smallest absolute Gasteiger partial charge is 0.312 e. The molecule has 0 saturated heterocycles. The van der Waals surface area contributed by atoms with E-state index in [-0.39, 0.29) is 19.6 Å². The van der Waals surface area contributed by atoms with Crippen LogP contribution in [0, 0.1) is 13.8 Å². The SMILES string of the molecule is Cc1ccc(OCCNC(=O)COC(=O)CCNC(N)=O)c(C)c1. The largest absolute Gasteiger partial charge is 0.491 e. The van der Waals surface area contributed by atoms with Crippen LogP contribution in [0.1, 0.15) is 17.5 Å². The summed E-state index contributed by atoms with van der Waals surface area (Å²) in [6.07, 6.45) is -0.0496. The Kier molecular flexibility index (Phi) is 8.10. The Morgan fingerprint density at radius 2 is 1.88 bits per heavy atom. The molecule has 0 atom stereocenters. The molecule has 0 aromatic heterocycles.